The molecule has 0 N–H and O–H groups in total. The third kappa shape index (κ3) is 22.4. The van der Waals surface area contributed by atoms with Gasteiger partial charge in [0.15, 0.2) is 31.0 Å². The Labute approximate surface area is 789 Å². The Morgan fingerprint density at radius 2 is 0.537 bits per heavy atom. The maximum absolute atomic E-state index is 8.71. The van der Waals surface area contributed by atoms with E-state index in [0.717, 1.165) is 61.6 Å². The molecule has 0 atom stereocenters. The van der Waals surface area contributed by atoms with Crippen molar-refractivity contribution in [2.75, 3.05) is 0 Å². The van der Waals surface area contributed by atoms with Crippen molar-refractivity contribution in [3.8, 4) is 112 Å². The smallest absolute Gasteiger partial charge is 0.201 e. The predicted molar refractivity (Wildman–Crippen MR) is 524 cm³/mol. The first kappa shape index (κ1) is 55.2. The number of nitrogens with zero attached hydrogens (tertiary/aromatic N) is 5. The Bertz CT molecular complexity index is 7800. The molecule has 0 bridgehead atoms. The third-order valence-corrected chi connectivity index (χ3v) is 21.7. The van der Waals surface area contributed by atoms with Crippen molar-refractivity contribution in [1.82, 2.24) is 0 Å². The molecule has 0 saturated carbocycles. The summed E-state index contributed by atoms with van der Waals surface area (Å²) in [5, 5.41) is 0. The van der Waals surface area contributed by atoms with E-state index in [4.69, 9.17) is 48.0 Å². The highest BCUT2D eigenvalue weighted by atomic mass is 14.9. The molecule has 5 aromatic heterocycles. The van der Waals surface area contributed by atoms with Crippen molar-refractivity contribution in [2.24, 2.45) is 46.6 Å². The molecule has 0 aliphatic rings. The molecule has 0 saturated heterocycles. The van der Waals surface area contributed by atoms with Crippen LogP contribution in [0.3, 0.4) is 0 Å². The third-order valence-electron chi connectivity index (χ3n) is 21.7. The van der Waals surface area contributed by atoms with E-state index in [0.29, 0.717) is 100 Å². The van der Waals surface area contributed by atoms with Gasteiger partial charge in [0, 0.05) is 136 Å². The first-order valence-corrected chi connectivity index (χ1v) is 41.1. The Morgan fingerprint density at radius 1 is 0.260 bits per heavy atom. The van der Waals surface area contributed by atoms with Gasteiger partial charge in [0.05, 0.1) is 0 Å². The summed E-state index contributed by atoms with van der Waals surface area (Å²) in [5.74, 6) is -1.04. The Balaban J connectivity index is 0.000000186. The Kier molecular flexibility index (Phi) is 18.1. The van der Waals surface area contributed by atoms with Gasteiger partial charge in [-0.15, -0.1) is 0 Å². The number of benzene rings is 10. The van der Waals surface area contributed by atoms with E-state index in [2.05, 4.69) is 0 Å². The average Bonchev–Trinajstić information content (AvgIpc) is 0.750. The minimum absolute atomic E-state index is 0.0827. The average molecular weight is 1660 g/mol. The molecular formula is C118H136N5+5. The number of pyridine rings is 5. The van der Waals surface area contributed by atoms with Crippen LogP contribution in [0.1, 0.15) is 208 Å². The van der Waals surface area contributed by atoms with E-state index in [1.807, 2.05) is 215 Å². The second-order valence-corrected chi connectivity index (χ2v) is 33.1. The van der Waals surface area contributed by atoms with Gasteiger partial charge in [-0.25, -0.2) is 22.8 Å². The summed E-state index contributed by atoms with van der Waals surface area (Å²) in [5.41, 5.74) is 19.2. The first-order chi connectivity index (χ1) is 72.4. The van der Waals surface area contributed by atoms with E-state index in [1.54, 1.807) is 182 Å². The lowest BCUT2D eigenvalue weighted by atomic mass is 9.87. The molecule has 0 fully saturated rings. The van der Waals surface area contributed by atoms with E-state index in [1.165, 1.54) is 30.3 Å². The number of aromatic nitrogens is 5. The van der Waals surface area contributed by atoms with Gasteiger partial charge in [-0.05, 0) is 338 Å². The van der Waals surface area contributed by atoms with Gasteiger partial charge in [0.2, 0.25) is 28.5 Å². The summed E-state index contributed by atoms with van der Waals surface area (Å²) >= 11 is 0. The molecule has 0 spiro atoms. The van der Waals surface area contributed by atoms with Crippen LogP contribution in [0, 0.1) is 121 Å². The number of hydrogen-bond acceptors (Lipinski definition) is 0. The highest BCUT2D eigenvalue weighted by molar-refractivity contribution is 5.83. The molecule has 15 aromatic rings. The summed E-state index contributed by atoms with van der Waals surface area (Å²) in [7, 11) is 9.43. The molecule has 0 aliphatic carbocycles. The molecule has 0 unspecified atom stereocenters. The van der Waals surface area contributed by atoms with Gasteiger partial charge in [0.25, 0.3) is 0 Å². The van der Waals surface area contributed by atoms with Crippen LogP contribution in [-0.4, -0.2) is 0 Å². The molecule has 5 nitrogen and oxygen atoms in total. The highest BCUT2D eigenvalue weighted by Gasteiger charge is 2.25. The van der Waals surface area contributed by atoms with Gasteiger partial charge >= 0.3 is 0 Å². The summed E-state index contributed by atoms with van der Waals surface area (Å²) in [6.45, 7) is 0.126. The predicted octanol–water partition coefficient (Wildman–Crippen LogP) is 28.1. The number of rotatable bonds is 14. The summed E-state index contributed by atoms with van der Waals surface area (Å²) in [6, 6.07) is 70.5. The summed E-state index contributed by atoms with van der Waals surface area (Å²) in [4.78, 5) is 0. The second kappa shape index (κ2) is 40.3. The van der Waals surface area contributed by atoms with Crippen LogP contribution in [0.5, 0.6) is 0 Å². The summed E-state index contributed by atoms with van der Waals surface area (Å²) in [6.07, 6.45) is 6.18. The second-order valence-electron chi connectivity index (χ2n) is 33.1. The largest absolute Gasteiger partial charge is 0.212 e. The number of aryl methyl sites for hydroxylation is 21. The lowest BCUT2D eigenvalue weighted by Crippen LogP contribution is -2.31. The van der Waals surface area contributed by atoms with Crippen molar-refractivity contribution < 1.29 is 70.8 Å². The SMILES string of the molecule is [2H]C([2H])([2H])c1ccccc1-c1cc(-c2cc(C([2H])(C)C)cc[n+]2C)c(C)cc1C([2H])([2H])[2H].[2H]C([2H])([2H])c1ccccc1-c1cc(-c2cc(C([2H])([2H])C(C)(C)C)cc[n+]2C)c(C)cc1C([2H])([2H])[2H].[2H]C([2H])([2H])c1ccccc1-c1cc(-c2cc(C([2H])([2H])C(C)C)cc[n+]2C)c(C)cc1C([2H])([2H])[2H].[2H]C([2H])([2H])c1ccccc1-c1cc(-c2cc(C)cc[n+]2C)c(C)cc1C([2H])([2H])[2H].[2H]C([2H])([2H])c1ccccc1-c1cc(-c2cccc[n+]2C)c(C)cc1C([2H])([2H])[2H]. The monoisotopic (exact) mass is 1660 g/mol. The molecule has 10 aromatic carbocycles. The van der Waals surface area contributed by atoms with Crippen molar-refractivity contribution in [2.45, 2.75) is 177 Å². The zero-order chi connectivity index (χ0) is 119. The van der Waals surface area contributed by atoms with Crippen molar-refractivity contribution in [3.05, 3.63) is 385 Å². The molecule has 0 amide bonds. The van der Waals surface area contributed by atoms with Crippen LogP contribution in [0.4, 0.5) is 0 Å². The Morgan fingerprint density at radius 3 is 0.854 bits per heavy atom. The van der Waals surface area contributed by atoms with Gasteiger partial charge in [-0.3, -0.25) is 0 Å². The first-order valence-electron chi connectivity index (χ1n) is 58.6. The molecule has 5 heteroatoms. The topological polar surface area (TPSA) is 19.4 Å². The highest BCUT2D eigenvalue weighted by Crippen LogP contribution is 2.40. The van der Waals surface area contributed by atoms with Crippen LogP contribution in [-0.2, 0) is 48.0 Å². The Hall–Kier alpha value is -12.1. The zero-order valence-corrected chi connectivity index (χ0v) is 73.9. The van der Waals surface area contributed by atoms with E-state index >= 15 is 0 Å². The fourth-order valence-corrected chi connectivity index (χ4v) is 15.1. The van der Waals surface area contributed by atoms with Gasteiger partial charge in [-0.2, -0.15) is 0 Å². The van der Waals surface area contributed by atoms with E-state index in [9.17, 15) is 0 Å². The van der Waals surface area contributed by atoms with Crippen molar-refractivity contribution >= 4 is 0 Å². The van der Waals surface area contributed by atoms with Gasteiger partial charge < -0.3 is 0 Å². The van der Waals surface area contributed by atoms with E-state index < -0.39 is 92.6 Å². The van der Waals surface area contributed by atoms with Crippen LogP contribution in [0.25, 0.3) is 112 Å². The van der Waals surface area contributed by atoms with Crippen LogP contribution >= 0.6 is 0 Å². The lowest BCUT2D eigenvalue weighted by Gasteiger charge is -2.18. The van der Waals surface area contributed by atoms with Gasteiger partial charge in [-0.1, -0.05) is 200 Å². The quantitative estimate of drug-likeness (QED) is 0.0967. The zero-order valence-electron chi connectivity index (χ0n) is 109. The van der Waals surface area contributed by atoms with Crippen LogP contribution in [0.2, 0.25) is 0 Å². The molecule has 628 valence electrons. The maximum atomic E-state index is 8.71. The number of hydrogen-bond donors (Lipinski definition) is 0. The molecule has 123 heavy (non-hydrogen) atoms. The lowest BCUT2D eigenvalue weighted by molar-refractivity contribution is -0.660. The normalized spacial score (nSPS) is 16.7. The molecular weight excluding hydrogens is 1490 g/mol. The standard InChI is InChI=1S/C26H32N.C25H30N.C24H28N.C22H24N.C21H22N/c1-18-10-8-9-11-22(18)23-16-24(20(3)14-19(23)2)25-15-21(12-13-27(25)7)17-26(4,5)6;1-17(2)13-21-11-12-26(6)25(15-21)24-16-23(19(4)14-20(24)5)22-10-8-7-9-18(22)3;1-16(2)20-11-12-25(6)24(14-20)23-15-22(18(4)13-19(23)5)21-10-8-7-9-17(21)3;1-15-10-11-23(5)22(12-15)21-14-20(17(3)13-18(21)4)19-9-7-6-8-16(19)2;1-15-9-5-6-10-18(15)19-14-20(17(3)13-16(19)2)21-11-7-8-12-22(21)4/h8-16H,17H2,1-7H3;7-12,14-17H,13H2,1-6H3;7-16H,1-6H3;6-14H,1-5H3;5-14H,1-4H3/q5*+1/i1D3,2D3,17D2;3D3,4D3,13D2;3D3,4D3,16D;2D3,3D3;1D3,2D3. The van der Waals surface area contributed by atoms with E-state index in [-0.39, 0.29) is 61.6 Å². The fourth-order valence-electron chi connectivity index (χ4n) is 15.1. The summed E-state index contributed by atoms with van der Waals surface area (Å²) < 4.78 is 292. The minimum Gasteiger partial charge on any atom is -0.201 e. The van der Waals surface area contributed by atoms with Crippen LogP contribution < -0.4 is 22.8 Å². The van der Waals surface area contributed by atoms with Crippen molar-refractivity contribution in [1.29, 1.82) is 0 Å². The maximum Gasteiger partial charge on any atom is 0.212 e. The molecule has 0 radical (unpaired) electrons. The fraction of sp³-hybridized carbons (Fsp3) is 0.280. The molecule has 15 rings (SSSR count). The van der Waals surface area contributed by atoms with Crippen molar-refractivity contribution in [3.63, 3.8) is 0 Å². The minimum atomic E-state index is -2.45. The molecule has 5 heterocycles. The van der Waals surface area contributed by atoms with Crippen LogP contribution in [0.15, 0.2) is 280 Å². The molecule has 0 aliphatic heterocycles. The van der Waals surface area contributed by atoms with Gasteiger partial charge in [0.1, 0.15) is 35.2 Å².